The lowest BCUT2D eigenvalue weighted by molar-refractivity contribution is -0.121. The number of benzene rings is 1. The first kappa shape index (κ1) is 19.6. The van der Waals surface area contributed by atoms with E-state index < -0.39 is 0 Å². The Kier molecular flexibility index (Phi) is 6.22. The molecule has 0 unspecified atom stereocenters. The molecule has 0 atom stereocenters. The summed E-state index contributed by atoms with van der Waals surface area (Å²) in [4.78, 5) is 23.2. The van der Waals surface area contributed by atoms with Gasteiger partial charge in [-0.15, -0.1) is 0 Å². The van der Waals surface area contributed by atoms with Crippen LogP contribution >= 0.6 is 0 Å². The molecular formula is C22H28FN5O. The maximum absolute atomic E-state index is 13.2. The molecular weight excluding hydrogens is 369 g/mol. The number of nitrogens with zero attached hydrogens (tertiary/aromatic N) is 3. The number of anilines is 2. The molecule has 1 aromatic carbocycles. The second-order valence-electron chi connectivity index (χ2n) is 8.06. The van der Waals surface area contributed by atoms with Gasteiger partial charge in [-0.05, 0) is 55.7 Å². The van der Waals surface area contributed by atoms with E-state index in [1.807, 2.05) is 12.1 Å². The summed E-state index contributed by atoms with van der Waals surface area (Å²) in [6.07, 6.45) is 7.61. The van der Waals surface area contributed by atoms with Crippen LogP contribution in [0.15, 0.2) is 36.7 Å². The second-order valence-corrected chi connectivity index (χ2v) is 8.06. The van der Waals surface area contributed by atoms with Gasteiger partial charge >= 0.3 is 0 Å². The molecule has 2 heterocycles. The summed E-state index contributed by atoms with van der Waals surface area (Å²) in [5.41, 5.74) is 0.784. The molecule has 6 nitrogen and oxygen atoms in total. The summed E-state index contributed by atoms with van der Waals surface area (Å²) in [5, 5.41) is 6.31. The van der Waals surface area contributed by atoms with Crippen LogP contribution in [0.1, 0.15) is 44.1 Å². The van der Waals surface area contributed by atoms with E-state index in [1.165, 1.54) is 25.0 Å². The highest BCUT2D eigenvalue weighted by molar-refractivity contribution is 5.75. The number of aromatic nitrogens is 2. The molecule has 0 spiro atoms. The van der Waals surface area contributed by atoms with Crippen molar-refractivity contribution in [3.63, 3.8) is 0 Å². The smallest absolute Gasteiger partial charge is 0.220 e. The number of carbonyl (C=O) groups excluding carboxylic acids is 1. The Balaban J connectivity index is 1.17. The van der Waals surface area contributed by atoms with Gasteiger partial charge in [0.2, 0.25) is 5.91 Å². The van der Waals surface area contributed by atoms with Crippen LogP contribution in [0.5, 0.6) is 0 Å². The molecule has 1 aliphatic carbocycles. The molecule has 1 saturated heterocycles. The number of carbonyl (C=O) groups is 1. The standard InChI is InChI=1S/C22H28FN5O/c23-18-3-1-2-17(12-18)14-24-22(29)7-4-16-8-10-28(11-9-16)21-13-20(25-15-26-21)27-19-5-6-19/h1-3,12-13,15-16,19H,4-11,14H2,(H,24,29)(H,25,26,27). The van der Waals surface area contributed by atoms with E-state index >= 15 is 0 Å². The molecule has 154 valence electrons. The third-order valence-corrected chi connectivity index (χ3v) is 5.68. The monoisotopic (exact) mass is 397 g/mol. The lowest BCUT2D eigenvalue weighted by Gasteiger charge is -2.32. The van der Waals surface area contributed by atoms with Crippen LogP contribution < -0.4 is 15.5 Å². The van der Waals surface area contributed by atoms with Gasteiger partial charge < -0.3 is 15.5 Å². The minimum atomic E-state index is -0.275. The highest BCUT2D eigenvalue weighted by atomic mass is 19.1. The zero-order valence-electron chi connectivity index (χ0n) is 16.6. The van der Waals surface area contributed by atoms with E-state index in [9.17, 15) is 9.18 Å². The van der Waals surface area contributed by atoms with Crippen molar-refractivity contribution >= 4 is 17.5 Å². The fraction of sp³-hybridized carbons (Fsp3) is 0.500. The Morgan fingerprint density at radius 3 is 2.72 bits per heavy atom. The third kappa shape index (κ3) is 5.89. The molecule has 2 aromatic rings. The Morgan fingerprint density at radius 1 is 1.14 bits per heavy atom. The molecule has 2 fully saturated rings. The summed E-state index contributed by atoms with van der Waals surface area (Å²) < 4.78 is 13.2. The maximum Gasteiger partial charge on any atom is 0.220 e. The fourth-order valence-electron chi connectivity index (χ4n) is 3.76. The second kappa shape index (κ2) is 9.20. The van der Waals surface area contributed by atoms with E-state index in [2.05, 4.69) is 25.5 Å². The number of hydrogen-bond acceptors (Lipinski definition) is 5. The van der Waals surface area contributed by atoms with Gasteiger partial charge in [-0.1, -0.05) is 12.1 Å². The summed E-state index contributed by atoms with van der Waals surface area (Å²) in [5.74, 6) is 2.20. The molecule has 1 amide bonds. The quantitative estimate of drug-likeness (QED) is 0.713. The van der Waals surface area contributed by atoms with Crippen LogP contribution in [-0.4, -0.2) is 35.0 Å². The number of halogens is 1. The maximum atomic E-state index is 13.2. The van der Waals surface area contributed by atoms with Crippen LogP contribution in [-0.2, 0) is 11.3 Å². The van der Waals surface area contributed by atoms with Crippen molar-refractivity contribution in [2.24, 2.45) is 5.92 Å². The number of piperidine rings is 1. The highest BCUT2D eigenvalue weighted by Crippen LogP contribution is 2.27. The normalized spacial score (nSPS) is 17.2. The van der Waals surface area contributed by atoms with Crippen molar-refractivity contribution in [3.8, 4) is 0 Å². The molecule has 0 radical (unpaired) electrons. The topological polar surface area (TPSA) is 70.2 Å². The SMILES string of the molecule is O=C(CCC1CCN(c2cc(NC3CC3)ncn2)CC1)NCc1cccc(F)c1. The van der Waals surface area contributed by atoms with E-state index in [-0.39, 0.29) is 11.7 Å². The van der Waals surface area contributed by atoms with Gasteiger partial charge in [0.1, 0.15) is 23.8 Å². The summed E-state index contributed by atoms with van der Waals surface area (Å²) in [6, 6.07) is 8.96. The Hall–Kier alpha value is -2.70. The first-order valence-corrected chi connectivity index (χ1v) is 10.5. The number of amides is 1. The molecule has 2 aliphatic rings. The minimum absolute atomic E-state index is 0.0308. The molecule has 4 rings (SSSR count). The van der Waals surface area contributed by atoms with Crippen molar-refractivity contribution in [1.29, 1.82) is 0 Å². The molecule has 29 heavy (non-hydrogen) atoms. The van der Waals surface area contributed by atoms with Crippen LogP contribution in [0, 0.1) is 11.7 Å². The average molecular weight is 397 g/mol. The highest BCUT2D eigenvalue weighted by Gasteiger charge is 2.23. The zero-order valence-corrected chi connectivity index (χ0v) is 16.6. The Morgan fingerprint density at radius 2 is 1.97 bits per heavy atom. The predicted molar refractivity (Wildman–Crippen MR) is 111 cm³/mol. The largest absolute Gasteiger partial charge is 0.367 e. The van der Waals surface area contributed by atoms with Gasteiger partial charge in [0.25, 0.3) is 0 Å². The van der Waals surface area contributed by atoms with E-state index in [0.717, 1.165) is 49.6 Å². The van der Waals surface area contributed by atoms with Gasteiger partial charge in [0.15, 0.2) is 0 Å². The third-order valence-electron chi connectivity index (χ3n) is 5.68. The lowest BCUT2D eigenvalue weighted by atomic mass is 9.92. The van der Waals surface area contributed by atoms with Gasteiger partial charge in [0, 0.05) is 38.2 Å². The molecule has 1 aliphatic heterocycles. The van der Waals surface area contributed by atoms with Crippen molar-refractivity contribution in [2.45, 2.75) is 51.1 Å². The van der Waals surface area contributed by atoms with Crippen molar-refractivity contribution in [3.05, 3.63) is 48.0 Å². The number of nitrogens with one attached hydrogen (secondary N) is 2. The molecule has 0 bridgehead atoms. The van der Waals surface area contributed by atoms with E-state index in [1.54, 1.807) is 12.4 Å². The van der Waals surface area contributed by atoms with Gasteiger partial charge in [-0.25, -0.2) is 14.4 Å². The molecule has 1 saturated carbocycles. The zero-order chi connectivity index (χ0) is 20.1. The van der Waals surface area contributed by atoms with Gasteiger partial charge in [-0.2, -0.15) is 0 Å². The molecule has 2 N–H and O–H groups in total. The molecule has 7 heteroatoms. The lowest BCUT2D eigenvalue weighted by Crippen LogP contribution is -2.34. The number of hydrogen-bond donors (Lipinski definition) is 2. The summed E-state index contributed by atoms with van der Waals surface area (Å²) in [7, 11) is 0. The Labute approximate surface area is 170 Å². The first-order chi connectivity index (χ1) is 14.2. The average Bonchev–Trinajstić information content (AvgIpc) is 3.55. The van der Waals surface area contributed by atoms with Gasteiger partial charge in [0.05, 0.1) is 0 Å². The van der Waals surface area contributed by atoms with Crippen molar-refractivity contribution in [2.75, 3.05) is 23.3 Å². The van der Waals surface area contributed by atoms with E-state index in [4.69, 9.17) is 0 Å². The van der Waals surface area contributed by atoms with Crippen LogP contribution in [0.25, 0.3) is 0 Å². The van der Waals surface area contributed by atoms with E-state index in [0.29, 0.717) is 24.9 Å². The molecule has 1 aromatic heterocycles. The van der Waals surface area contributed by atoms with Crippen LogP contribution in [0.3, 0.4) is 0 Å². The Bertz CT molecular complexity index is 833. The minimum Gasteiger partial charge on any atom is -0.367 e. The van der Waals surface area contributed by atoms with Crippen molar-refractivity contribution in [1.82, 2.24) is 15.3 Å². The van der Waals surface area contributed by atoms with Gasteiger partial charge in [-0.3, -0.25) is 4.79 Å². The van der Waals surface area contributed by atoms with Crippen molar-refractivity contribution < 1.29 is 9.18 Å². The van der Waals surface area contributed by atoms with Crippen LogP contribution in [0.4, 0.5) is 16.0 Å². The number of rotatable bonds is 8. The summed E-state index contributed by atoms with van der Waals surface area (Å²) in [6.45, 7) is 2.28. The predicted octanol–water partition coefficient (Wildman–Crippen LogP) is 3.50. The van der Waals surface area contributed by atoms with Crippen LogP contribution in [0.2, 0.25) is 0 Å². The summed E-state index contributed by atoms with van der Waals surface area (Å²) >= 11 is 0. The fourth-order valence-corrected chi connectivity index (χ4v) is 3.76. The first-order valence-electron chi connectivity index (χ1n) is 10.5.